The van der Waals surface area contributed by atoms with E-state index in [1.165, 1.54) is 11.3 Å². The third kappa shape index (κ3) is 8.93. The number of hydrogen-bond acceptors (Lipinski definition) is 10. The molecule has 2 heterocycles. The predicted octanol–water partition coefficient (Wildman–Crippen LogP) is 10.6. The van der Waals surface area contributed by atoms with Crippen molar-refractivity contribution in [3.05, 3.63) is 141 Å². The van der Waals surface area contributed by atoms with Gasteiger partial charge in [-0.05, 0) is 85.3 Å². The van der Waals surface area contributed by atoms with E-state index in [9.17, 15) is 13.8 Å². The average molecular weight is 848 g/mol. The van der Waals surface area contributed by atoms with Gasteiger partial charge in [0.1, 0.15) is 37.3 Å². The number of carbonyl (C=O) groups is 2. The third-order valence-corrected chi connectivity index (χ3v) is 15.6. The monoisotopic (exact) mass is 846 g/mol. The van der Waals surface area contributed by atoms with Crippen molar-refractivity contribution in [3.63, 3.8) is 0 Å². The van der Waals surface area contributed by atoms with E-state index in [1.807, 2.05) is 79.0 Å². The molecule has 2 aliphatic carbocycles. The van der Waals surface area contributed by atoms with Crippen LogP contribution in [0.15, 0.2) is 128 Å². The largest absolute Gasteiger partial charge is 0.497 e. The summed E-state index contributed by atoms with van der Waals surface area (Å²) in [7, 11) is 1.87. The molecule has 6 aromatic rings. The topological polar surface area (TPSA) is 95.5 Å². The standard InChI is InChI=1S/C21H18ClNO3S2.C21H18ClNO2S2/c1-26-15-8-6-14(7-9-15)21(10-11-21)18(24)12-19-23-13-20(27-19)28(25)17-5-3-2-4-16(17)22;1-25-15-8-6-14(7-9-15)21(10-11-21)18(24)12-19-23-13-20(27-19)26-17-5-3-2-4-16(17)22/h2-9,13H,10-12H2,1H3;2-9,13H,10-12H2,1H3. The lowest BCUT2D eigenvalue weighted by atomic mass is 9.90. The quantitative estimate of drug-likeness (QED) is 0.107. The van der Waals surface area contributed by atoms with Crippen LogP contribution >= 0.6 is 57.6 Å². The average Bonchev–Trinajstić information content (AvgIpc) is 4.11. The van der Waals surface area contributed by atoms with Crippen molar-refractivity contribution in [2.75, 3.05) is 14.2 Å². The summed E-state index contributed by atoms with van der Waals surface area (Å²) in [4.78, 5) is 36.3. The van der Waals surface area contributed by atoms with Crippen LogP contribution in [0.2, 0.25) is 10.0 Å². The Labute approximate surface area is 344 Å². The number of halogens is 2. The van der Waals surface area contributed by atoms with Crippen molar-refractivity contribution in [1.29, 1.82) is 0 Å². The highest BCUT2D eigenvalue weighted by Crippen LogP contribution is 2.51. The molecule has 2 aromatic heterocycles. The molecule has 0 radical (unpaired) electrons. The number of aromatic nitrogens is 2. The van der Waals surface area contributed by atoms with Gasteiger partial charge in [0.05, 0.1) is 80.2 Å². The molecule has 8 rings (SSSR count). The maximum Gasteiger partial charge on any atom is 0.150 e. The first-order valence-corrected chi connectivity index (χ1v) is 21.8. The fraction of sp³-hybridized carbons (Fsp3) is 0.238. The van der Waals surface area contributed by atoms with E-state index in [4.69, 9.17) is 32.7 Å². The van der Waals surface area contributed by atoms with Gasteiger partial charge in [-0.2, -0.15) is 0 Å². The molecule has 7 nitrogen and oxygen atoms in total. The highest BCUT2D eigenvalue weighted by molar-refractivity contribution is 8.01. The summed E-state index contributed by atoms with van der Waals surface area (Å²) >= 11 is 16.8. The summed E-state index contributed by atoms with van der Waals surface area (Å²) in [5.41, 5.74) is 1.35. The number of thiazole rings is 2. The van der Waals surface area contributed by atoms with Crippen LogP contribution in [0, 0.1) is 0 Å². The number of hydrogen-bond donors (Lipinski definition) is 0. The first-order chi connectivity index (χ1) is 26.6. The van der Waals surface area contributed by atoms with Crippen molar-refractivity contribution < 1.29 is 23.3 Å². The predicted molar refractivity (Wildman–Crippen MR) is 221 cm³/mol. The van der Waals surface area contributed by atoms with Gasteiger partial charge in [-0.1, -0.05) is 83.5 Å². The number of benzene rings is 4. The van der Waals surface area contributed by atoms with Crippen LogP contribution in [0.25, 0.3) is 0 Å². The zero-order valence-corrected chi connectivity index (χ0v) is 34.7. The smallest absolute Gasteiger partial charge is 0.150 e. The fourth-order valence-corrected chi connectivity index (χ4v) is 11.3. The lowest BCUT2D eigenvalue weighted by molar-refractivity contribution is -0.121. The second-order valence-electron chi connectivity index (χ2n) is 13.2. The number of methoxy groups -OCH3 is 2. The molecule has 55 heavy (non-hydrogen) atoms. The number of carbonyl (C=O) groups excluding carboxylic acids is 2. The van der Waals surface area contributed by atoms with Gasteiger partial charge in [-0.15, -0.1) is 22.7 Å². The van der Waals surface area contributed by atoms with E-state index < -0.39 is 16.2 Å². The Hall–Kier alpha value is -3.84. The molecule has 0 bridgehead atoms. The Kier molecular flexibility index (Phi) is 12.3. The highest BCUT2D eigenvalue weighted by Gasteiger charge is 2.51. The minimum absolute atomic E-state index is 0.155. The van der Waals surface area contributed by atoms with Gasteiger partial charge >= 0.3 is 0 Å². The van der Waals surface area contributed by atoms with Crippen LogP contribution < -0.4 is 9.47 Å². The number of nitrogens with zero attached hydrogens (tertiary/aromatic N) is 2. The Morgan fingerprint density at radius 3 is 1.69 bits per heavy atom. The number of rotatable bonds is 14. The molecule has 0 aliphatic heterocycles. The van der Waals surface area contributed by atoms with Crippen molar-refractivity contribution in [2.24, 2.45) is 0 Å². The maximum absolute atomic E-state index is 13.0. The maximum atomic E-state index is 13.0. The summed E-state index contributed by atoms with van der Waals surface area (Å²) < 4.78 is 24.8. The molecular formula is C42H36Cl2N2O5S4. The SMILES string of the molecule is COc1ccc(C2(C(=O)Cc3ncc(S(=O)c4ccccc4Cl)s3)CC2)cc1.COc1ccc(C2(C(=O)Cc3ncc(Sc4ccccc4Cl)s3)CC2)cc1. The lowest BCUT2D eigenvalue weighted by Gasteiger charge is -2.14. The van der Waals surface area contributed by atoms with Crippen molar-refractivity contribution in [2.45, 2.75) is 67.6 Å². The summed E-state index contributed by atoms with van der Waals surface area (Å²) in [6, 6.07) is 30.3. The highest BCUT2D eigenvalue weighted by atomic mass is 35.5. The molecule has 1 atom stereocenters. The Bertz CT molecular complexity index is 2330. The van der Waals surface area contributed by atoms with E-state index in [2.05, 4.69) is 9.97 Å². The summed E-state index contributed by atoms with van der Waals surface area (Å²) in [5.74, 6) is 1.99. The molecular weight excluding hydrogens is 812 g/mol. The minimum Gasteiger partial charge on any atom is -0.497 e. The van der Waals surface area contributed by atoms with Crippen molar-refractivity contribution >= 4 is 80.0 Å². The molecule has 0 amide bonds. The van der Waals surface area contributed by atoms with Crippen LogP contribution in [-0.4, -0.2) is 40.0 Å². The van der Waals surface area contributed by atoms with Crippen molar-refractivity contribution in [3.8, 4) is 11.5 Å². The summed E-state index contributed by atoms with van der Waals surface area (Å²) in [5, 5.41) is 2.72. The first-order valence-electron chi connectivity index (χ1n) is 17.5. The number of ether oxygens (including phenoxy) is 2. The van der Waals surface area contributed by atoms with E-state index in [1.54, 1.807) is 67.8 Å². The Morgan fingerprint density at radius 1 is 0.691 bits per heavy atom. The van der Waals surface area contributed by atoms with E-state index in [0.717, 1.165) is 67.4 Å². The minimum atomic E-state index is -1.40. The zero-order valence-electron chi connectivity index (χ0n) is 30.0. The molecule has 2 fully saturated rings. The van der Waals surface area contributed by atoms with Gasteiger partial charge in [0.25, 0.3) is 0 Å². The van der Waals surface area contributed by atoms with Gasteiger partial charge in [0, 0.05) is 4.90 Å². The number of Topliss-reactive ketones (excluding diaryl/α,β-unsaturated/α-hetero) is 2. The van der Waals surface area contributed by atoms with Gasteiger partial charge in [-0.3, -0.25) is 9.59 Å². The van der Waals surface area contributed by atoms with E-state index in [-0.39, 0.29) is 23.4 Å². The second-order valence-corrected chi connectivity index (χ2v) is 19.3. The van der Waals surface area contributed by atoms with Crippen LogP contribution in [0.3, 0.4) is 0 Å². The molecule has 4 aromatic carbocycles. The molecule has 2 aliphatic rings. The van der Waals surface area contributed by atoms with E-state index in [0.29, 0.717) is 25.6 Å². The third-order valence-electron chi connectivity index (χ3n) is 9.81. The van der Waals surface area contributed by atoms with Crippen LogP contribution in [0.5, 0.6) is 11.5 Å². The second kappa shape index (κ2) is 17.1. The Balaban J connectivity index is 0.000000169. The normalized spacial score (nSPS) is 15.3. The fourth-order valence-electron chi connectivity index (χ4n) is 6.36. The van der Waals surface area contributed by atoms with Gasteiger partial charge in [-0.25, -0.2) is 14.2 Å². The first kappa shape index (κ1) is 39.4. The summed E-state index contributed by atoms with van der Waals surface area (Å²) in [6.45, 7) is 0. The Morgan fingerprint density at radius 2 is 1.18 bits per heavy atom. The molecule has 0 N–H and O–H groups in total. The number of ketones is 2. The van der Waals surface area contributed by atoms with E-state index >= 15 is 0 Å². The molecule has 2 saturated carbocycles. The molecule has 0 spiro atoms. The molecule has 0 saturated heterocycles. The van der Waals surface area contributed by atoms with Gasteiger partial charge < -0.3 is 9.47 Å². The van der Waals surface area contributed by atoms with Gasteiger partial charge in [0.15, 0.2) is 0 Å². The molecule has 282 valence electrons. The van der Waals surface area contributed by atoms with Crippen LogP contribution in [0.1, 0.15) is 46.8 Å². The van der Waals surface area contributed by atoms with Crippen molar-refractivity contribution in [1.82, 2.24) is 9.97 Å². The van der Waals surface area contributed by atoms with Gasteiger partial charge in [0.2, 0.25) is 0 Å². The molecule has 1 unspecified atom stereocenters. The zero-order chi connectivity index (χ0) is 38.6. The van der Waals surface area contributed by atoms with Crippen LogP contribution in [0.4, 0.5) is 0 Å². The van der Waals surface area contributed by atoms with Crippen LogP contribution in [-0.2, 0) is 44.1 Å². The lowest BCUT2D eigenvalue weighted by Crippen LogP contribution is -2.22. The molecule has 13 heteroatoms. The summed E-state index contributed by atoms with van der Waals surface area (Å²) in [6.07, 6.45) is 7.55.